The Labute approximate surface area is 150 Å². The highest BCUT2D eigenvalue weighted by Gasteiger charge is 2.26. The summed E-state index contributed by atoms with van der Waals surface area (Å²) in [5.74, 6) is 0. The Hall–Kier alpha value is -2.01. The largest absolute Gasteiger partial charge is 0.360 e. The fraction of sp³-hybridized carbons (Fsp3) is 0.333. The van der Waals surface area contributed by atoms with E-state index in [-0.39, 0.29) is 17.6 Å². The molecule has 1 fully saturated rings. The van der Waals surface area contributed by atoms with Crippen molar-refractivity contribution < 1.29 is 9.66 Å². The van der Waals surface area contributed by atoms with Gasteiger partial charge in [-0.05, 0) is 47.9 Å². The first-order valence-electron chi connectivity index (χ1n) is 7.61. The number of nitrogens with one attached hydrogen (secondary N) is 1. The smallest absolute Gasteiger partial charge is 0.316 e. The fourth-order valence-corrected chi connectivity index (χ4v) is 3.48. The van der Waals surface area contributed by atoms with Crippen LogP contribution in [0.2, 0.25) is 0 Å². The average Bonchev–Trinajstić information content (AvgIpc) is 3.20. The van der Waals surface area contributed by atoms with Crippen molar-refractivity contribution in [2.75, 3.05) is 6.61 Å². The number of halogens is 1. The summed E-state index contributed by atoms with van der Waals surface area (Å²) in [6.45, 7) is 0.652. The molecule has 1 N–H and O–H groups in total. The Bertz CT molecular complexity index is 913. The minimum Gasteiger partial charge on any atom is -0.360 e. The van der Waals surface area contributed by atoms with Gasteiger partial charge in [-0.2, -0.15) is 5.10 Å². The first-order chi connectivity index (χ1) is 11.6. The molecule has 3 aromatic heterocycles. The van der Waals surface area contributed by atoms with Crippen molar-refractivity contribution in [2.24, 2.45) is 0 Å². The lowest BCUT2D eigenvalue weighted by atomic mass is 10.2. The van der Waals surface area contributed by atoms with Gasteiger partial charge in [-0.25, -0.2) is 4.68 Å². The molecule has 9 heteroatoms. The predicted molar refractivity (Wildman–Crippen MR) is 95.5 cm³/mol. The van der Waals surface area contributed by atoms with E-state index in [1.807, 2.05) is 6.20 Å². The summed E-state index contributed by atoms with van der Waals surface area (Å²) in [6.07, 6.45) is 7.62. The van der Waals surface area contributed by atoms with Crippen molar-refractivity contribution in [3.05, 3.63) is 38.3 Å². The molecule has 4 heterocycles. The number of ether oxygens (including phenoxy) is 1. The lowest BCUT2D eigenvalue weighted by Crippen LogP contribution is -2.18. The Morgan fingerprint density at radius 2 is 2.33 bits per heavy atom. The Balaban J connectivity index is 1.79. The SMILES string of the molecule is O=[N+]([O-])c1cn(C2CCCCO2)nc1-c1cc2[nH]cc(I)c2cn1. The van der Waals surface area contributed by atoms with E-state index in [1.54, 1.807) is 16.9 Å². The van der Waals surface area contributed by atoms with Gasteiger partial charge in [-0.15, -0.1) is 0 Å². The molecule has 0 spiro atoms. The van der Waals surface area contributed by atoms with Crippen LogP contribution in [-0.2, 0) is 4.74 Å². The summed E-state index contributed by atoms with van der Waals surface area (Å²) in [7, 11) is 0. The molecule has 0 aliphatic carbocycles. The van der Waals surface area contributed by atoms with E-state index in [1.165, 1.54) is 6.20 Å². The van der Waals surface area contributed by atoms with Gasteiger partial charge in [0.2, 0.25) is 0 Å². The van der Waals surface area contributed by atoms with E-state index >= 15 is 0 Å². The normalized spacial score (nSPS) is 18.1. The topological polar surface area (TPSA) is 98.9 Å². The van der Waals surface area contributed by atoms with Crippen LogP contribution < -0.4 is 0 Å². The van der Waals surface area contributed by atoms with Gasteiger partial charge in [-0.1, -0.05) is 0 Å². The zero-order chi connectivity index (χ0) is 16.7. The summed E-state index contributed by atoms with van der Waals surface area (Å²) < 4.78 is 8.28. The van der Waals surface area contributed by atoms with E-state index in [0.717, 1.165) is 33.7 Å². The molecule has 1 aliphatic rings. The van der Waals surface area contributed by atoms with Crippen LogP contribution in [0.3, 0.4) is 0 Å². The van der Waals surface area contributed by atoms with Crippen LogP contribution in [0.5, 0.6) is 0 Å². The van der Waals surface area contributed by atoms with E-state index in [0.29, 0.717) is 12.3 Å². The number of aromatic nitrogens is 4. The molecule has 0 radical (unpaired) electrons. The standard InChI is InChI=1S/C15H14IN5O3/c16-10-7-18-11-5-12(17-6-9(10)11)15-13(21(22)23)8-20(19-15)14-3-1-2-4-24-14/h5-8,14,18H,1-4H2. The lowest BCUT2D eigenvalue weighted by molar-refractivity contribution is -0.384. The number of aromatic amines is 1. The molecule has 1 saturated heterocycles. The molecule has 3 aromatic rings. The summed E-state index contributed by atoms with van der Waals surface area (Å²) in [6, 6.07) is 1.79. The van der Waals surface area contributed by atoms with Gasteiger partial charge >= 0.3 is 5.69 Å². The summed E-state index contributed by atoms with van der Waals surface area (Å²) in [4.78, 5) is 18.5. The lowest BCUT2D eigenvalue weighted by Gasteiger charge is -2.22. The Kier molecular flexibility index (Phi) is 3.96. The molecule has 8 nitrogen and oxygen atoms in total. The number of hydrogen-bond donors (Lipinski definition) is 1. The van der Waals surface area contributed by atoms with Crippen molar-refractivity contribution in [2.45, 2.75) is 25.5 Å². The second kappa shape index (κ2) is 6.13. The van der Waals surface area contributed by atoms with Gasteiger partial charge in [-0.3, -0.25) is 15.1 Å². The van der Waals surface area contributed by atoms with Gasteiger partial charge in [0.05, 0.1) is 16.1 Å². The minimum atomic E-state index is -0.425. The second-order valence-electron chi connectivity index (χ2n) is 5.67. The molecule has 1 atom stereocenters. The molecule has 1 unspecified atom stereocenters. The molecule has 0 amide bonds. The van der Waals surface area contributed by atoms with Crippen LogP contribution in [0.15, 0.2) is 24.7 Å². The number of fused-ring (bicyclic) bond motifs is 1. The number of rotatable bonds is 3. The van der Waals surface area contributed by atoms with Crippen molar-refractivity contribution in [1.82, 2.24) is 19.7 Å². The molecule has 124 valence electrons. The van der Waals surface area contributed by atoms with E-state index in [2.05, 4.69) is 37.7 Å². The van der Waals surface area contributed by atoms with Gasteiger partial charge in [0.15, 0.2) is 5.69 Å². The molecule has 0 aromatic carbocycles. The number of nitro groups is 1. The third-order valence-electron chi connectivity index (χ3n) is 4.12. The fourth-order valence-electron chi connectivity index (χ4n) is 2.89. The first kappa shape index (κ1) is 15.5. The molecule has 24 heavy (non-hydrogen) atoms. The van der Waals surface area contributed by atoms with Crippen molar-refractivity contribution in [3.8, 4) is 11.4 Å². The molecule has 0 saturated carbocycles. The van der Waals surface area contributed by atoms with Gasteiger partial charge in [0.1, 0.15) is 12.4 Å². The maximum Gasteiger partial charge on any atom is 0.316 e. The third kappa shape index (κ3) is 2.67. The molecule has 4 rings (SSSR count). The van der Waals surface area contributed by atoms with Crippen LogP contribution in [-0.4, -0.2) is 31.3 Å². The van der Waals surface area contributed by atoms with Crippen LogP contribution in [0, 0.1) is 13.7 Å². The summed E-state index contributed by atoms with van der Waals surface area (Å²) in [5.41, 5.74) is 1.56. The van der Waals surface area contributed by atoms with Crippen LogP contribution in [0.25, 0.3) is 22.3 Å². The van der Waals surface area contributed by atoms with Crippen LogP contribution >= 0.6 is 22.6 Å². The summed E-state index contributed by atoms with van der Waals surface area (Å²) in [5, 5.41) is 16.8. The monoisotopic (exact) mass is 439 g/mol. The number of H-pyrrole nitrogens is 1. The minimum absolute atomic E-state index is 0.0581. The summed E-state index contributed by atoms with van der Waals surface area (Å²) >= 11 is 2.21. The van der Waals surface area contributed by atoms with Crippen LogP contribution in [0.4, 0.5) is 5.69 Å². The van der Waals surface area contributed by atoms with E-state index in [4.69, 9.17) is 4.74 Å². The van der Waals surface area contributed by atoms with E-state index < -0.39 is 4.92 Å². The molecule has 0 bridgehead atoms. The zero-order valence-electron chi connectivity index (χ0n) is 12.6. The van der Waals surface area contributed by atoms with Crippen LogP contribution in [0.1, 0.15) is 25.5 Å². The third-order valence-corrected chi connectivity index (χ3v) is 5.01. The highest BCUT2D eigenvalue weighted by Crippen LogP contribution is 2.32. The van der Waals surface area contributed by atoms with Crippen molar-refractivity contribution in [1.29, 1.82) is 0 Å². The number of nitrogens with zero attached hydrogens (tertiary/aromatic N) is 4. The molecule has 1 aliphatic heterocycles. The van der Waals surface area contributed by atoms with E-state index in [9.17, 15) is 10.1 Å². The molecular weight excluding hydrogens is 425 g/mol. The predicted octanol–water partition coefficient (Wildman–Crippen LogP) is 3.64. The Morgan fingerprint density at radius 3 is 3.08 bits per heavy atom. The average molecular weight is 439 g/mol. The van der Waals surface area contributed by atoms with Gasteiger partial charge in [0.25, 0.3) is 0 Å². The van der Waals surface area contributed by atoms with Gasteiger partial charge in [0, 0.05) is 28.0 Å². The Morgan fingerprint density at radius 1 is 1.46 bits per heavy atom. The first-order valence-corrected chi connectivity index (χ1v) is 8.69. The van der Waals surface area contributed by atoms with Crippen molar-refractivity contribution >= 4 is 39.2 Å². The number of hydrogen-bond acceptors (Lipinski definition) is 5. The highest BCUT2D eigenvalue weighted by molar-refractivity contribution is 14.1. The zero-order valence-corrected chi connectivity index (χ0v) is 14.8. The quantitative estimate of drug-likeness (QED) is 0.382. The molecular formula is C15H14IN5O3. The number of pyridine rings is 1. The van der Waals surface area contributed by atoms with Crippen molar-refractivity contribution in [3.63, 3.8) is 0 Å². The maximum absolute atomic E-state index is 11.4. The maximum atomic E-state index is 11.4. The second-order valence-corrected chi connectivity index (χ2v) is 6.84. The van der Waals surface area contributed by atoms with Gasteiger partial charge < -0.3 is 9.72 Å². The highest BCUT2D eigenvalue weighted by atomic mass is 127.